The van der Waals surface area contributed by atoms with Crippen molar-refractivity contribution in [3.63, 3.8) is 0 Å². The fourth-order valence-electron chi connectivity index (χ4n) is 3.86. The quantitative estimate of drug-likeness (QED) is 0.488. The number of hydrogen-bond acceptors (Lipinski definition) is 6. The van der Waals surface area contributed by atoms with E-state index in [0.717, 1.165) is 35.0 Å². The van der Waals surface area contributed by atoms with Gasteiger partial charge in [0.05, 0.1) is 23.4 Å². The second-order valence-corrected chi connectivity index (χ2v) is 9.27. The Labute approximate surface area is 185 Å². The minimum atomic E-state index is 0.138. The highest BCUT2D eigenvalue weighted by Crippen LogP contribution is 2.34. The Morgan fingerprint density at radius 2 is 2.00 bits per heavy atom. The van der Waals surface area contributed by atoms with Gasteiger partial charge in [0, 0.05) is 13.1 Å². The third kappa shape index (κ3) is 4.39. The molecule has 8 heteroatoms. The molecule has 6 nitrogen and oxygen atoms in total. The molecule has 30 heavy (non-hydrogen) atoms. The van der Waals surface area contributed by atoms with E-state index in [2.05, 4.69) is 10.2 Å². The molecule has 4 rings (SSSR count). The van der Waals surface area contributed by atoms with Gasteiger partial charge in [-0.2, -0.15) is 0 Å². The largest absolute Gasteiger partial charge is 0.495 e. The summed E-state index contributed by atoms with van der Waals surface area (Å²) in [6, 6.07) is 12.2. The van der Waals surface area contributed by atoms with E-state index < -0.39 is 0 Å². The summed E-state index contributed by atoms with van der Waals surface area (Å²) in [4.78, 5) is 15.8. The predicted octanol–water partition coefficient (Wildman–Crippen LogP) is 4.89. The molecule has 0 radical (unpaired) electrons. The zero-order valence-corrected chi connectivity index (χ0v) is 18.9. The Morgan fingerprint density at radius 3 is 2.73 bits per heavy atom. The Morgan fingerprint density at radius 1 is 1.20 bits per heavy atom. The molecule has 3 aromatic rings. The van der Waals surface area contributed by atoms with Crippen molar-refractivity contribution in [1.29, 1.82) is 0 Å². The predicted molar refractivity (Wildman–Crippen MR) is 122 cm³/mol. The average Bonchev–Trinajstić information content (AvgIpc) is 3.47. The van der Waals surface area contributed by atoms with Crippen molar-refractivity contribution in [3.05, 3.63) is 41.8 Å². The van der Waals surface area contributed by atoms with Gasteiger partial charge in [-0.1, -0.05) is 49.2 Å². The number of para-hydroxylation sites is 2. The van der Waals surface area contributed by atoms with Gasteiger partial charge in [0.2, 0.25) is 5.91 Å². The van der Waals surface area contributed by atoms with Crippen LogP contribution in [0.25, 0.3) is 16.4 Å². The van der Waals surface area contributed by atoms with Gasteiger partial charge in [-0.15, -0.1) is 21.5 Å². The van der Waals surface area contributed by atoms with Gasteiger partial charge in [-0.3, -0.25) is 9.36 Å². The number of thiophene rings is 1. The molecule has 0 spiro atoms. The van der Waals surface area contributed by atoms with Crippen LogP contribution in [0.1, 0.15) is 32.1 Å². The fraction of sp³-hybridized carbons (Fsp3) is 0.409. The first kappa shape index (κ1) is 20.9. The van der Waals surface area contributed by atoms with Crippen LogP contribution in [0.2, 0.25) is 0 Å². The molecular weight excluding hydrogens is 416 g/mol. The Balaban J connectivity index is 1.60. The van der Waals surface area contributed by atoms with Gasteiger partial charge in [0.25, 0.3) is 0 Å². The molecular formula is C22H26N4O2S2. The molecule has 158 valence electrons. The molecule has 0 N–H and O–H groups in total. The van der Waals surface area contributed by atoms with Crippen molar-refractivity contribution < 1.29 is 9.53 Å². The Bertz CT molecular complexity index is 981. The van der Waals surface area contributed by atoms with E-state index in [1.54, 1.807) is 18.4 Å². The topological polar surface area (TPSA) is 60.2 Å². The number of aromatic nitrogens is 3. The molecule has 1 saturated carbocycles. The number of benzene rings is 1. The summed E-state index contributed by atoms with van der Waals surface area (Å²) < 4.78 is 7.57. The lowest BCUT2D eigenvalue weighted by Gasteiger charge is -2.31. The molecule has 1 fully saturated rings. The first-order valence-electron chi connectivity index (χ1n) is 10.2. The SMILES string of the molecule is COc1ccccc1-n1c(SCC(=O)N(C)C2CCCCC2)nnc1-c1cccs1. The summed E-state index contributed by atoms with van der Waals surface area (Å²) in [7, 11) is 3.59. The molecule has 0 unspecified atom stereocenters. The molecule has 0 atom stereocenters. The van der Waals surface area contributed by atoms with E-state index in [9.17, 15) is 4.79 Å². The lowest BCUT2D eigenvalue weighted by Crippen LogP contribution is -2.39. The van der Waals surface area contributed by atoms with Crippen LogP contribution >= 0.6 is 23.1 Å². The molecule has 2 aromatic heterocycles. The first-order chi connectivity index (χ1) is 14.7. The highest BCUT2D eigenvalue weighted by Gasteiger charge is 2.24. The molecule has 1 aliphatic rings. The van der Waals surface area contributed by atoms with Gasteiger partial charge in [-0.05, 0) is 36.4 Å². The van der Waals surface area contributed by atoms with Crippen LogP contribution in [0.15, 0.2) is 46.9 Å². The summed E-state index contributed by atoms with van der Waals surface area (Å²) in [5, 5.41) is 11.6. The zero-order valence-electron chi connectivity index (χ0n) is 17.3. The maximum Gasteiger partial charge on any atom is 0.233 e. The number of thioether (sulfide) groups is 1. The van der Waals surface area contributed by atoms with Crippen molar-refractivity contribution in [3.8, 4) is 22.1 Å². The summed E-state index contributed by atoms with van der Waals surface area (Å²) in [6.45, 7) is 0. The summed E-state index contributed by atoms with van der Waals surface area (Å²) in [6.07, 6.45) is 5.91. The van der Waals surface area contributed by atoms with Crippen LogP contribution < -0.4 is 4.74 Å². The Hall–Kier alpha value is -2.32. The number of methoxy groups -OCH3 is 1. The zero-order chi connectivity index (χ0) is 20.9. The number of amides is 1. The number of nitrogens with zero attached hydrogens (tertiary/aromatic N) is 4. The van der Waals surface area contributed by atoms with Gasteiger partial charge < -0.3 is 9.64 Å². The third-order valence-electron chi connectivity index (χ3n) is 5.54. The molecule has 0 aliphatic heterocycles. The van der Waals surface area contributed by atoms with Crippen LogP contribution in [0, 0.1) is 0 Å². The van der Waals surface area contributed by atoms with Crippen molar-refractivity contribution in [2.24, 2.45) is 0 Å². The standard InChI is InChI=1S/C22H26N4O2S2/c1-25(16-9-4-3-5-10-16)20(27)15-30-22-24-23-21(19-13-8-14-29-19)26(22)17-11-6-7-12-18(17)28-2/h6-8,11-14,16H,3-5,9-10,15H2,1-2H3. The second-order valence-electron chi connectivity index (χ2n) is 7.38. The van der Waals surface area contributed by atoms with Crippen molar-refractivity contribution >= 4 is 29.0 Å². The molecule has 1 aromatic carbocycles. The normalized spacial score (nSPS) is 14.6. The average molecular weight is 443 g/mol. The fourth-order valence-corrected chi connectivity index (χ4v) is 5.43. The van der Waals surface area contributed by atoms with E-state index in [-0.39, 0.29) is 5.91 Å². The van der Waals surface area contributed by atoms with Crippen molar-refractivity contribution in [1.82, 2.24) is 19.7 Å². The minimum Gasteiger partial charge on any atom is -0.495 e. The maximum atomic E-state index is 12.8. The Kier molecular flexibility index (Phi) is 6.74. The second kappa shape index (κ2) is 9.66. The molecule has 2 heterocycles. The summed E-state index contributed by atoms with van der Waals surface area (Å²) in [5.74, 6) is 1.97. The van der Waals surface area contributed by atoms with Gasteiger partial charge >= 0.3 is 0 Å². The van der Waals surface area contributed by atoms with Crippen LogP contribution in [0.3, 0.4) is 0 Å². The number of carbonyl (C=O) groups is 1. The molecule has 0 saturated heterocycles. The van der Waals surface area contributed by atoms with Gasteiger partial charge in [-0.25, -0.2) is 0 Å². The lowest BCUT2D eigenvalue weighted by atomic mass is 9.94. The molecule has 1 aliphatic carbocycles. The molecule has 1 amide bonds. The van der Waals surface area contributed by atoms with E-state index >= 15 is 0 Å². The number of carbonyl (C=O) groups excluding carboxylic acids is 1. The van der Waals surface area contributed by atoms with Gasteiger partial charge in [0.15, 0.2) is 11.0 Å². The minimum absolute atomic E-state index is 0.138. The highest BCUT2D eigenvalue weighted by atomic mass is 32.2. The number of hydrogen-bond donors (Lipinski definition) is 0. The number of rotatable bonds is 7. The van der Waals surface area contributed by atoms with Crippen molar-refractivity contribution in [2.45, 2.75) is 43.3 Å². The smallest absolute Gasteiger partial charge is 0.233 e. The van der Waals surface area contributed by atoms with E-state index in [4.69, 9.17) is 4.74 Å². The number of ether oxygens (including phenoxy) is 1. The first-order valence-corrected chi connectivity index (χ1v) is 12.1. The van der Waals surface area contributed by atoms with E-state index in [1.165, 1.54) is 31.0 Å². The van der Waals surface area contributed by atoms with Crippen LogP contribution in [-0.2, 0) is 4.79 Å². The van der Waals surface area contributed by atoms with Crippen molar-refractivity contribution in [2.75, 3.05) is 19.9 Å². The van der Waals surface area contributed by atoms with E-state index in [0.29, 0.717) is 17.0 Å². The van der Waals surface area contributed by atoms with Gasteiger partial charge in [0.1, 0.15) is 5.75 Å². The lowest BCUT2D eigenvalue weighted by molar-refractivity contribution is -0.129. The summed E-state index contributed by atoms with van der Waals surface area (Å²) >= 11 is 3.04. The highest BCUT2D eigenvalue weighted by molar-refractivity contribution is 7.99. The summed E-state index contributed by atoms with van der Waals surface area (Å²) in [5.41, 5.74) is 0.865. The van der Waals surface area contributed by atoms with Crippen LogP contribution in [0.4, 0.5) is 0 Å². The molecule has 0 bridgehead atoms. The van der Waals surface area contributed by atoms with Crippen LogP contribution in [0.5, 0.6) is 5.75 Å². The monoisotopic (exact) mass is 442 g/mol. The maximum absolute atomic E-state index is 12.8. The third-order valence-corrected chi connectivity index (χ3v) is 7.32. The van der Waals surface area contributed by atoms with Crippen LogP contribution in [-0.4, -0.2) is 51.5 Å². The van der Waals surface area contributed by atoms with E-state index in [1.807, 2.05) is 58.3 Å².